The van der Waals surface area contributed by atoms with Crippen molar-refractivity contribution < 1.29 is 28.5 Å². The van der Waals surface area contributed by atoms with Crippen molar-refractivity contribution in [1.29, 1.82) is 0 Å². The molecule has 3 aromatic carbocycles. The number of benzene rings is 3. The van der Waals surface area contributed by atoms with E-state index in [1.807, 2.05) is 48.5 Å². The average Bonchev–Trinajstić information content (AvgIpc) is 2.82. The molecule has 7 heteroatoms. The van der Waals surface area contributed by atoms with E-state index >= 15 is 0 Å². The molecule has 4 rings (SSSR count). The predicted octanol–water partition coefficient (Wildman–Crippen LogP) is 3.59. The molecule has 0 fully saturated rings. The number of esters is 1. The van der Waals surface area contributed by atoms with Crippen LogP contribution < -0.4 is 19.5 Å². The highest BCUT2D eigenvalue weighted by Crippen LogP contribution is 2.30. The summed E-state index contributed by atoms with van der Waals surface area (Å²) in [7, 11) is 0. The number of carbonyl (C=O) groups excluding carboxylic acids is 2. The molecule has 1 aliphatic heterocycles. The van der Waals surface area contributed by atoms with Gasteiger partial charge < -0.3 is 24.3 Å². The van der Waals surface area contributed by atoms with E-state index in [9.17, 15) is 9.59 Å². The van der Waals surface area contributed by atoms with Crippen molar-refractivity contribution >= 4 is 11.9 Å². The first-order chi connectivity index (χ1) is 15.2. The Balaban J connectivity index is 1.20. The van der Waals surface area contributed by atoms with Gasteiger partial charge in [-0.3, -0.25) is 4.79 Å². The van der Waals surface area contributed by atoms with Gasteiger partial charge in [0.2, 0.25) is 0 Å². The molecule has 0 saturated carbocycles. The monoisotopic (exact) mass is 419 g/mol. The van der Waals surface area contributed by atoms with Crippen LogP contribution in [0.15, 0.2) is 78.9 Å². The predicted molar refractivity (Wildman–Crippen MR) is 113 cm³/mol. The Kier molecular flexibility index (Phi) is 6.32. The third-order valence-electron chi connectivity index (χ3n) is 4.50. The Morgan fingerprint density at radius 3 is 2.32 bits per heavy atom. The van der Waals surface area contributed by atoms with Gasteiger partial charge in [0.1, 0.15) is 24.2 Å². The summed E-state index contributed by atoms with van der Waals surface area (Å²) in [6.45, 7) is 0.190. The fourth-order valence-electron chi connectivity index (χ4n) is 2.94. The van der Waals surface area contributed by atoms with Gasteiger partial charge in [0, 0.05) is 0 Å². The molecule has 7 nitrogen and oxygen atoms in total. The van der Waals surface area contributed by atoms with Crippen LogP contribution in [0.3, 0.4) is 0 Å². The van der Waals surface area contributed by atoms with Gasteiger partial charge in [-0.1, -0.05) is 30.3 Å². The number of hydrogen-bond acceptors (Lipinski definition) is 6. The van der Waals surface area contributed by atoms with E-state index in [2.05, 4.69) is 5.32 Å². The number of fused-ring (bicyclic) bond motifs is 1. The van der Waals surface area contributed by atoms with Gasteiger partial charge in [0.15, 0.2) is 18.1 Å². The van der Waals surface area contributed by atoms with Crippen molar-refractivity contribution in [2.75, 3.05) is 19.8 Å². The summed E-state index contributed by atoms with van der Waals surface area (Å²) in [6, 6.07) is 23.2. The van der Waals surface area contributed by atoms with Crippen LogP contribution >= 0.6 is 0 Å². The smallest absolute Gasteiger partial charge is 0.338 e. The first-order valence-corrected chi connectivity index (χ1v) is 9.82. The number of ether oxygens (including phenoxy) is 4. The third kappa shape index (κ3) is 5.54. The number of rotatable bonds is 7. The lowest BCUT2D eigenvalue weighted by molar-refractivity contribution is -0.124. The minimum Gasteiger partial charge on any atom is -0.486 e. The number of hydrogen-bond donors (Lipinski definition) is 1. The Hall–Kier alpha value is -4.00. The van der Waals surface area contributed by atoms with Crippen LogP contribution in [0.25, 0.3) is 0 Å². The van der Waals surface area contributed by atoms with Gasteiger partial charge in [0.25, 0.3) is 5.91 Å². The molecule has 1 aliphatic rings. The Morgan fingerprint density at radius 1 is 0.871 bits per heavy atom. The van der Waals surface area contributed by atoms with E-state index in [0.29, 0.717) is 35.2 Å². The highest BCUT2D eigenvalue weighted by molar-refractivity contribution is 5.91. The second kappa shape index (κ2) is 9.67. The molecule has 0 aliphatic carbocycles. The zero-order valence-electron chi connectivity index (χ0n) is 16.7. The summed E-state index contributed by atoms with van der Waals surface area (Å²) >= 11 is 0. The Morgan fingerprint density at radius 2 is 1.55 bits per heavy atom. The molecule has 0 unspecified atom stereocenters. The summed E-state index contributed by atoms with van der Waals surface area (Å²) in [5.41, 5.74) is 0.328. The Bertz CT molecular complexity index is 1040. The zero-order valence-corrected chi connectivity index (χ0v) is 16.7. The van der Waals surface area contributed by atoms with Crippen LogP contribution in [0.4, 0.5) is 0 Å². The van der Waals surface area contributed by atoms with Crippen molar-refractivity contribution in [3.8, 4) is 23.0 Å². The van der Waals surface area contributed by atoms with Crippen LogP contribution in [0, 0.1) is 0 Å². The lowest BCUT2D eigenvalue weighted by Crippen LogP contribution is -2.42. The van der Waals surface area contributed by atoms with E-state index in [4.69, 9.17) is 18.9 Å². The molecule has 0 aromatic heterocycles. The maximum absolute atomic E-state index is 12.2. The molecule has 1 amide bonds. The van der Waals surface area contributed by atoms with Gasteiger partial charge in [-0.05, 0) is 48.5 Å². The highest BCUT2D eigenvalue weighted by atomic mass is 16.6. The van der Waals surface area contributed by atoms with E-state index in [1.54, 1.807) is 30.3 Å². The molecular formula is C24H21NO6. The highest BCUT2D eigenvalue weighted by Gasteiger charge is 2.21. The van der Waals surface area contributed by atoms with Gasteiger partial charge >= 0.3 is 5.97 Å². The number of amides is 1. The van der Waals surface area contributed by atoms with Crippen LogP contribution in [-0.4, -0.2) is 37.7 Å². The minimum absolute atomic E-state index is 0.246. The number of carbonyl (C=O) groups is 2. The molecule has 0 bridgehead atoms. The topological polar surface area (TPSA) is 83.1 Å². The van der Waals surface area contributed by atoms with Crippen LogP contribution in [0.1, 0.15) is 10.4 Å². The van der Waals surface area contributed by atoms with E-state index in [1.165, 1.54) is 0 Å². The minimum atomic E-state index is -0.590. The fraction of sp³-hybridized carbons (Fsp3) is 0.167. The molecule has 0 radical (unpaired) electrons. The maximum Gasteiger partial charge on any atom is 0.338 e. The third-order valence-corrected chi connectivity index (χ3v) is 4.50. The largest absolute Gasteiger partial charge is 0.486 e. The molecular weight excluding hydrogens is 398 g/mol. The molecule has 0 spiro atoms. The summed E-state index contributed by atoms with van der Waals surface area (Å²) in [5.74, 6) is 1.60. The summed E-state index contributed by atoms with van der Waals surface area (Å²) in [6.07, 6.45) is -0.313. The van der Waals surface area contributed by atoms with Crippen LogP contribution in [-0.2, 0) is 9.53 Å². The molecule has 1 N–H and O–H groups in total. The quantitative estimate of drug-likeness (QED) is 0.590. The lowest BCUT2D eigenvalue weighted by atomic mass is 10.2. The molecule has 0 saturated heterocycles. The van der Waals surface area contributed by atoms with E-state index in [-0.39, 0.29) is 19.3 Å². The fourth-order valence-corrected chi connectivity index (χ4v) is 2.94. The van der Waals surface area contributed by atoms with Crippen molar-refractivity contribution in [1.82, 2.24) is 5.32 Å². The Labute approximate surface area is 179 Å². The van der Waals surface area contributed by atoms with Crippen molar-refractivity contribution in [2.45, 2.75) is 6.10 Å². The molecule has 3 aromatic rings. The van der Waals surface area contributed by atoms with Crippen LogP contribution in [0.2, 0.25) is 0 Å². The lowest BCUT2D eigenvalue weighted by Gasteiger charge is -2.26. The van der Waals surface area contributed by atoms with Gasteiger partial charge in [0.05, 0.1) is 12.1 Å². The van der Waals surface area contributed by atoms with Crippen LogP contribution in [0.5, 0.6) is 23.0 Å². The number of nitrogens with one attached hydrogen (secondary N) is 1. The zero-order chi connectivity index (χ0) is 21.5. The van der Waals surface area contributed by atoms with Crippen molar-refractivity contribution in [3.05, 3.63) is 84.4 Å². The van der Waals surface area contributed by atoms with E-state index < -0.39 is 11.9 Å². The summed E-state index contributed by atoms with van der Waals surface area (Å²) < 4.78 is 22.1. The first kappa shape index (κ1) is 20.3. The number of para-hydroxylation sites is 3. The average molecular weight is 419 g/mol. The molecule has 1 atom stereocenters. The SMILES string of the molecule is O=C(COC(=O)c1ccc(Oc2ccccc2)cc1)NC[C@H]1COc2ccccc2O1. The standard InChI is InChI=1S/C24H21NO6/c26-23(25-14-20-15-28-21-8-4-5-9-22(21)31-20)16-29-24(27)17-10-12-19(13-11-17)30-18-6-2-1-3-7-18/h1-13,20H,14-16H2,(H,25,26)/t20-/m0/s1. The second-order valence-electron chi connectivity index (χ2n) is 6.82. The summed E-state index contributed by atoms with van der Waals surface area (Å²) in [5, 5.41) is 2.69. The van der Waals surface area contributed by atoms with Crippen molar-refractivity contribution in [3.63, 3.8) is 0 Å². The maximum atomic E-state index is 12.2. The molecule has 158 valence electrons. The van der Waals surface area contributed by atoms with Gasteiger partial charge in [-0.2, -0.15) is 0 Å². The molecule has 1 heterocycles. The molecule has 31 heavy (non-hydrogen) atoms. The second-order valence-corrected chi connectivity index (χ2v) is 6.82. The normalized spacial score (nSPS) is 14.4. The van der Waals surface area contributed by atoms with E-state index in [0.717, 1.165) is 0 Å². The van der Waals surface area contributed by atoms with Gasteiger partial charge in [-0.15, -0.1) is 0 Å². The van der Waals surface area contributed by atoms with Gasteiger partial charge in [-0.25, -0.2) is 4.79 Å². The summed E-state index contributed by atoms with van der Waals surface area (Å²) in [4.78, 5) is 24.2. The first-order valence-electron chi connectivity index (χ1n) is 9.82. The van der Waals surface area contributed by atoms with Crippen molar-refractivity contribution in [2.24, 2.45) is 0 Å².